The molecule has 0 fully saturated rings. The van der Waals surface area contributed by atoms with Crippen LogP contribution in [0.4, 0.5) is 5.69 Å². The Hall–Kier alpha value is -1.81. The molecule has 2 N–H and O–H groups in total. The van der Waals surface area contributed by atoms with E-state index in [4.69, 9.17) is 10.2 Å². The Labute approximate surface area is 113 Å². The lowest BCUT2D eigenvalue weighted by Gasteiger charge is -2.00. The van der Waals surface area contributed by atoms with Crippen LogP contribution in [0.25, 0.3) is 22.6 Å². The first kappa shape index (κ1) is 11.3. The Morgan fingerprint density at radius 2 is 2.06 bits per heavy atom. The van der Waals surface area contributed by atoms with Crippen LogP contribution in [0.1, 0.15) is 5.56 Å². The maximum Gasteiger partial charge on any atom is 0.229 e. The molecule has 0 aliphatic carbocycles. The van der Waals surface area contributed by atoms with Gasteiger partial charge in [-0.2, -0.15) is 0 Å². The lowest BCUT2D eigenvalue weighted by molar-refractivity contribution is 0.620. The van der Waals surface area contributed by atoms with Crippen molar-refractivity contribution in [2.24, 2.45) is 0 Å². The molecule has 90 valence electrons. The van der Waals surface area contributed by atoms with Gasteiger partial charge in [0.05, 0.1) is 5.56 Å². The third-order valence-corrected chi connectivity index (χ3v) is 3.36. The Bertz CT molecular complexity index is 734. The van der Waals surface area contributed by atoms with E-state index in [1.165, 1.54) is 0 Å². The number of aromatic nitrogens is 1. The monoisotopic (exact) mass is 302 g/mol. The van der Waals surface area contributed by atoms with E-state index >= 15 is 0 Å². The molecule has 0 aliphatic heterocycles. The van der Waals surface area contributed by atoms with Crippen LogP contribution in [0.2, 0.25) is 0 Å². The zero-order valence-electron chi connectivity index (χ0n) is 9.77. The third kappa shape index (κ3) is 1.78. The molecule has 2 aromatic carbocycles. The van der Waals surface area contributed by atoms with Crippen molar-refractivity contribution >= 4 is 32.7 Å². The van der Waals surface area contributed by atoms with Gasteiger partial charge in [-0.05, 0) is 36.8 Å². The first-order valence-electron chi connectivity index (χ1n) is 5.57. The lowest BCUT2D eigenvalue weighted by Crippen LogP contribution is -1.89. The maximum atomic E-state index is 5.98. The van der Waals surface area contributed by atoms with Crippen molar-refractivity contribution in [2.75, 3.05) is 5.73 Å². The van der Waals surface area contributed by atoms with Crippen molar-refractivity contribution in [1.29, 1.82) is 0 Å². The summed E-state index contributed by atoms with van der Waals surface area (Å²) in [6.07, 6.45) is 0. The molecule has 0 unspecified atom stereocenters. The largest absolute Gasteiger partial charge is 0.436 e. The topological polar surface area (TPSA) is 52.0 Å². The van der Waals surface area contributed by atoms with Gasteiger partial charge in [0.1, 0.15) is 5.52 Å². The first-order valence-corrected chi connectivity index (χ1v) is 6.36. The van der Waals surface area contributed by atoms with Crippen LogP contribution >= 0.6 is 15.9 Å². The molecule has 1 aromatic heterocycles. The number of benzene rings is 2. The molecule has 0 spiro atoms. The van der Waals surface area contributed by atoms with Gasteiger partial charge in [0.15, 0.2) is 5.58 Å². The summed E-state index contributed by atoms with van der Waals surface area (Å²) < 4.78 is 6.69. The number of aryl methyl sites for hydroxylation is 1. The SMILES string of the molecule is Cc1cccc2oc(-c3ccc(Br)cc3N)nc12. The molecule has 0 saturated carbocycles. The van der Waals surface area contributed by atoms with Crippen molar-refractivity contribution < 1.29 is 4.42 Å². The predicted molar refractivity (Wildman–Crippen MR) is 76.3 cm³/mol. The smallest absolute Gasteiger partial charge is 0.229 e. The van der Waals surface area contributed by atoms with Crippen LogP contribution in [-0.4, -0.2) is 4.98 Å². The highest BCUT2D eigenvalue weighted by atomic mass is 79.9. The Morgan fingerprint density at radius 1 is 1.22 bits per heavy atom. The molecule has 18 heavy (non-hydrogen) atoms. The third-order valence-electron chi connectivity index (χ3n) is 2.86. The van der Waals surface area contributed by atoms with Crippen LogP contribution in [0, 0.1) is 6.92 Å². The van der Waals surface area contributed by atoms with Gasteiger partial charge in [-0.3, -0.25) is 0 Å². The minimum Gasteiger partial charge on any atom is -0.436 e. The number of anilines is 1. The Kier molecular flexibility index (Phi) is 2.59. The average Bonchev–Trinajstić information content (AvgIpc) is 2.74. The number of hydrogen-bond donors (Lipinski definition) is 1. The van der Waals surface area contributed by atoms with E-state index in [1.54, 1.807) is 0 Å². The van der Waals surface area contributed by atoms with Crippen molar-refractivity contribution in [3.63, 3.8) is 0 Å². The molecular weight excluding hydrogens is 292 g/mol. The Balaban J connectivity index is 2.23. The number of para-hydroxylation sites is 1. The van der Waals surface area contributed by atoms with Crippen LogP contribution in [0.15, 0.2) is 45.3 Å². The van der Waals surface area contributed by atoms with Crippen molar-refractivity contribution in [1.82, 2.24) is 4.98 Å². The molecule has 0 amide bonds. The van der Waals surface area contributed by atoms with Gasteiger partial charge < -0.3 is 10.2 Å². The van der Waals surface area contributed by atoms with E-state index in [2.05, 4.69) is 20.9 Å². The lowest BCUT2D eigenvalue weighted by atomic mass is 10.2. The van der Waals surface area contributed by atoms with Crippen molar-refractivity contribution in [2.45, 2.75) is 6.92 Å². The summed E-state index contributed by atoms with van der Waals surface area (Å²) in [4.78, 5) is 4.51. The van der Waals surface area contributed by atoms with E-state index in [0.717, 1.165) is 26.7 Å². The molecule has 3 rings (SSSR count). The molecule has 0 bridgehead atoms. The second-order valence-electron chi connectivity index (χ2n) is 4.17. The fourth-order valence-electron chi connectivity index (χ4n) is 1.93. The van der Waals surface area contributed by atoms with Gasteiger partial charge in [-0.1, -0.05) is 28.1 Å². The summed E-state index contributed by atoms with van der Waals surface area (Å²) in [6, 6.07) is 11.6. The second kappa shape index (κ2) is 4.14. The fraction of sp³-hybridized carbons (Fsp3) is 0.0714. The Morgan fingerprint density at radius 3 is 2.78 bits per heavy atom. The number of rotatable bonds is 1. The highest BCUT2D eigenvalue weighted by Crippen LogP contribution is 2.31. The number of nitrogens with two attached hydrogens (primary N) is 1. The summed E-state index contributed by atoms with van der Waals surface area (Å²) in [5.41, 5.74) is 10.2. The maximum absolute atomic E-state index is 5.98. The summed E-state index contributed by atoms with van der Waals surface area (Å²) in [7, 11) is 0. The average molecular weight is 303 g/mol. The van der Waals surface area contributed by atoms with E-state index < -0.39 is 0 Å². The number of hydrogen-bond acceptors (Lipinski definition) is 3. The number of nitrogen functional groups attached to an aromatic ring is 1. The predicted octanol–water partition coefficient (Wildman–Crippen LogP) is 4.15. The van der Waals surface area contributed by atoms with E-state index in [-0.39, 0.29) is 0 Å². The summed E-state index contributed by atoms with van der Waals surface area (Å²) in [6.45, 7) is 2.01. The number of oxazole rings is 1. The number of nitrogens with zero attached hydrogens (tertiary/aromatic N) is 1. The summed E-state index contributed by atoms with van der Waals surface area (Å²) in [5, 5.41) is 0. The molecule has 1 heterocycles. The van der Waals surface area contributed by atoms with E-state index in [0.29, 0.717) is 11.6 Å². The molecule has 0 saturated heterocycles. The molecule has 0 radical (unpaired) electrons. The highest BCUT2D eigenvalue weighted by Gasteiger charge is 2.12. The van der Waals surface area contributed by atoms with Gasteiger partial charge in [0.2, 0.25) is 5.89 Å². The number of halogens is 1. The summed E-state index contributed by atoms with van der Waals surface area (Å²) in [5.74, 6) is 0.560. The summed E-state index contributed by atoms with van der Waals surface area (Å²) >= 11 is 3.38. The van der Waals surface area contributed by atoms with Gasteiger partial charge >= 0.3 is 0 Å². The second-order valence-corrected chi connectivity index (χ2v) is 5.09. The molecule has 0 atom stereocenters. The highest BCUT2D eigenvalue weighted by molar-refractivity contribution is 9.10. The fourth-order valence-corrected chi connectivity index (χ4v) is 2.31. The van der Waals surface area contributed by atoms with Crippen LogP contribution in [0.5, 0.6) is 0 Å². The molecule has 4 heteroatoms. The van der Waals surface area contributed by atoms with Crippen LogP contribution < -0.4 is 5.73 Å². The molecule has 3 aromatic rings. The van der Waals surface area contributed by atoms with Gasteiger partial charge in [-0.15, -0.1) is 0 Å². The normalized spacial score (nSPS) is 11.0. The van der Waals surface area contributed by atoms with Crippen LogP contribution in [0.3, 0.4) is 0 Å². The van der Waals surface area contributed by atoms with Crippen molar-refractivity contribution in [3.8, 4) is 11.5 Å². The number of fused-ring (bicyclic) bond motifs is 1. The first-order chi connectivity index (χ1) is 8.65. The van der Waals surface area contributed by atoms with Gasteiger partial charge in [0, 0.05) is 10.2 Å². The van der Waals surface area contributed by atoms with Gasteiger partial charge in [-0.25, -0.2) is 4.98 Å². The molecule has 0 aliphatic rings. The standard InChI is InChI=1S/C14H11BrN2O/c1-8-3-2-4-12-13(8)17-14(18-12)10-6-5-9(15)7-11(10)16/h2-7H,16H2,1H3. The quantitative estimate of drug-likeness (QED) is 0.687. The zero-order chi connectivity index (χ0) is 12.7. The van der Waals surface area contributed by atoms with Gasteiger partial charge in [0.25, 0.3) is 0 Å². The molecular formula is C14H11BrN2O. The van der Waals surface area contributed by atoms with Crippen LogP contribution in [-0.2, 0) is 0 Å². The minimum absolute atomic E-state index is 0.560. The zero-order valence-corrected chi connectivity index (χ0v) is 11.4. The molecule has 3 nitrogen and oxygen atoms in total. The van der Waals surface area contributed by atoms with E-state index in [1.807, 2.05) is 43.3 Å². The minimum atomic E-state index is 0.560. The van der Waals surface area contributed by atoms with E-state index in [9.17, 15) is 0 Å². The van der Waals surface area contributed by atoms with Crippen molar-refractivity contribution in [3.05, 3.63) is 46.4 Å².